The number of hydrogen-bond donors (Lipinski definition) is 2. The molecule has 2 fully saturated rings. The molecule has 1 aromatic carbocycles. The highest BCUT2D eigenvalue weighted by molar-refractivity contribution is 5.31. The molecule has 0 aliphatic heterocycles. The summed E-state index contributed by atoms with van der Waals surface area (Å²) in [6, 6.07) is 10.1. The van der Waals surface area contributed by atoms with Crippen LogP contribution in [0.15, 0.2) is 24.3 Å². The second-order valence-corrected chi connectivity index (χ2v) is 5.17. The van der Waals surface area contributed by atoms with Gasteiger partial charge in [-0.05, 0) is 42.7 Å². The molecule has 3 N–H and O–H groups in total. The van der Waals surface area contributed by atoms with Gasteiger partial charge >= 0.3 is 0 Å². The third-order valence-electron chi connectivity index (χ3n) is 3.61. The largest absolute Gasteiger partial charge is 0.329 e. The molecule has 0 radical (unpaired) electrons. The van der Waals surface area contributed by atoms with Gasteiger partial charge in [-0.15, -0.1) is 0 Å². The molecule has 1 unspecified atom stereocenters. The predicted octanol–water partition coefficient (Wildman–Crippen LogP) is 2.32. The second kappa shape index (κ2) is 4.19. The highest BCUT2D eigenvalue weighted by Crippen LogP contribution is 2.40. The Morgan fingerprint density at radius 3 is 2.69 bits per heavy atom. The Kier molecular flexibility index (Phi) is 2.70. The van der Waals surface area contributed by atoms with Crippen molar-refractivity contribution >= 4 is 0 Å². The molecular weight excluding hydrogens is 196 g/mol. The van der Waals surface area contributed by atoms with Gasteiger partial charge in [0.25, 0.3) is 0 Å². The first-order valence-electron chi connectivity index (χ1n) is 6.43. The Labute approximate surface area is 97.2 Å². The number of rotatable bonds is 5. The van der Waals surface area contributed by atoms with Crippen molar-refractivity contribution in [2.24, 2.45) is 5.73 Å². The van der Waals surface area contributed by atoms with E-state index in [2.05, 4.69) is 29.6 Å². The second-order valence-electron chi connectivity index (χ2n) is 5.17. The van der Waals surface area contributed by atoms with E-state index in [9.17, 15) is 0 Å². The summed E-state index contributed by atoms with van der Waals surface area (Å²) in [5, 5.41) is 3.62. The van der Waals surface area contributed by atoms with Crippen molar-refractivity contribution in [1.82, 2.24) is 5.32 Å². The Hall–Kier alpha value is -0.860. The van der Waals surface area contributed by atoms with Crippen LogP contribution >= 0.6 is 0 Å². The first-order valence-corrected chi connectivity index (χ1v) is 6.43. The van der Waals surface area contributed by atoms with Crippen LogP contribution < -0.4 is 11.1 Å². The van der Waals surface area contributed by atoms with Crippen LogP contribution in [0, 0.1) is 0 Å². The minimum atomic E-state index is 0.353. The number of nitrogens with one attached hydrogen (secondary N) is 1. The molecule has 2 aliphatic carbocycles. The van der Waals surface area contributed by atoms with E-state index in [1.54, 1.807) is 0 Å². The van der Waals surface area contributed by atoms with Crippen LogP contribution in [0.1, 0.15) is 48.8 Å². The molecule has 0 saturated heterocycles. The summed E-state index contributed by atoms with van der Waals surface area (Å²) < 4.78 is 0. The van der Waals surface area contributed by atoms with Gasteiger partial charge in [0, 0.05) is 18.6 Å². The fraction of sp³-hybridized carbons (Fsp3) is 0.571. The molecule has 86 valence electrons. The Balaban J connectivity index is 1.76. The summed E-state index contributed by atoms with van der Waals surface area (Å²) >= 11 is 0. The molecule has 3 rings (SSSR count). The lowest BCUT2D eigenvalue weighted by molar-refractivity contribution is 0.538. The van der Waals surface area contributed by atoms with Gasteiger partial charge in [0.05, 0.1) is 0 Å². The van der Waals surface area contributed by atoms with Gasteiger partial charge in [0.15, 0.2) is 0 Å². The van der Waals surface area contributed by atoms with Gasteiger partial charge in [-0.2, -0.15) is 0 Å². The standard InChI is InChI=1S/C14H20N2/c15-9-14(16-13-6-7-13)12-3-1-2-11(8-12)10-4-5-10/h1-3,8,10,13-14,16H,4-7,9,15H2. The maximum atomic E-state index is 5.86. The lowest BCUT2D eigenvalue weighted by Crippen LogP contribution is -2.29. The van der Waals surface area contributed by atoms with E-state index >= 15 is 0 Å². The summed E-state index contributed by atoms with van der Waals surface area (Å²) in [7, 11) is 0. The fourth-order valence-corrected chi connectivity index (χ4v) is 2.28. The van der Waals surface area contributed by atoms with Crippen LogP contribution in [0.25, 0.3) is 0 Å². The molecule has 1 atom stereocenters. The summed E-state index contributed by atoms with van der Waals surface area (Å²) in [6.45, 7) is 0.699. The van der Waals surface area contributed by atoms with Crippen LogP contribution in [0.4, 0.5) is 0 Å². The first-order chi connectivity index (χ1) is 7.86. The van der Waals surface area contributed by atoms with E-state index in [1.807, 2.05) is 0 Å². The van der Waals surface area contributed by atoms with Crippen molar-refractivity contribution in [3.63, 3.8) is 0 Å². The van der Waals surface area contributed by atoms with E-state index < -0.39 is 0 Å². The van der Waals surface area contributed by atoms with Crippen LogP contribution in [-0.2, 0) is 0 Å². The normalized spacial score (nSPS) is 22.1. The topological polar surface area (TPSA) is 38.0 Å². The van der Waals surface area contributed by atoms with E-state index in [0.717, 1.165) is 12.0 Å². The quantitative estimate of drug-likeness (QED) is 0.792. The zero-order chi connectivity index (χ0) is 11.0. The van der Waals surface area contributed by atoms with Crippen molar-refractivity contribution < 1.29 is 0 Å². The zero-order valence-corrected chi connectivity index (χ0v) is 9.65. The summed E-state index contributed by atoms with van der Waals surface area (Å²) in [5.41, 5.74) is 8.74. The van der Waals surface area contributed by atoms with Crippen LogP contribution in [0.2, 0.25) is 0 Å². The van der Waals surface area contributed by atoms with Crippen molar-refractivity contribution in [2.75, 3.05) is 6.54 Å². The third-order valence-corrected chi connectivity index (χ3v) is 3.61. The molecule has 2 aliphatic rings. The highest BCUT2D eigenvalue weighted by Gasteiger charge is 2.26. The average molecular weight is 216 g/mol. The summed E-state index contributed by atoms with van der Waals surface area (Å²) in [5.74, 6) is 0.833. The molecule has 0 aromatic heterocycles. The summed E-state index contributed by atoms with van der Waals surface area (Å²) in [4.78, 5) is 0. The van der Waals surface area contributed by atoms with Gasteiger partial charge < -0.3 is 11.1 Å². The lowest BCUT2D eigenvalue weighted by atomic mass is 10.0. The maximum Gasteiger partial charge on any atom is 0.0446 e. The molecule has 16 heavy (non-hydrogen) atoms. The lowest BCUT2D eigenvalue weighted by Gasteiger charge is -2.17. The summed E-state index contributed by atoms with van der Waals surface area (Å²) in [6.07, 6.45) is 5.37. The predicted molar refractivity (Wildman–Crippen MR) is 66.4 cm³/mol. The van der Waals surface area contributed by atoms with E-state index in [-0.39, 0.29) is 0 Å². The number of hydrogen-bond acceptors (Lipinski definition) is 2. The first kappa shape index (κ1) is 10.3. The van der Waals surface area contributed by atoms with Crippen molar-refractivity contribution in [3.8, 4) is 0 Å². The SMILES string of the molecule is NCC(NC1CC1)c1cccc(C2CC2)c1. The van der Waals surface area contributed by atoms with Crippen LogP contribution in [0.5, 0.6) is 0 Å². The average Bonchev–Trinajstić information content (AvgIpc) is 3.18. The van der Waals surface area contributed by atoms with Crippen molar-refractivity contribution in [1.29, 1.82) is 0 Å². The molecule has 0 amide bonds. The maximum absolute atomic E-state index is 5.86. The third kappa shape index (κ3) is 2.28. The fourth-order valence-electron chi connectivity index (χ4n) is 2.28. The number of benzene rings is 1. The van der Waals surface area contributed by atoms with Crippen LogP contribution in [0.3, 0.4) is 0 Å². The Morgan fingerprint density at radius 2 is 2.06 bits per heavy atom. The van der Waals surface area contributed by atoms with Gasteiger partial charge in [-0.1, -0.05) is 24.3 Å². The smallest absolute Gasteiger partial charge is 0.0446 e. The minimum absolute atomic E-state index is 0.353. The molecule has 0 spiro atoms. The molecule has 2 nitrogen and oxygen atoms in total. The van der Waals surface area contributed by atoms with Gasteiger partial charge in [0.1, 0.15) is 0 Å². The molecular formula is C14H20N2. The zero-order valence-electron chi connectivity index (χ0n) is 9.65. The molecule has 0 heterocycles. The Morgan fingerprint density at radius 1 is 1.25 bits per heavy atom. The number of nitrogens with two attached hydrogens (primary N) is 1. The van der Waals surface area contributed by atoms with Crippen molar-refractivity contribution in [3.05, 3.63) is 35.4 Å². The van der Waals surface area contributed by atoms with Crippen molar-refractivity contribution in [2.45, 2.75) is 43.7 Å². The monoisotopic (exact) mass is 216 g/mol. The molecule has 2 heteroatoms. The Bertz CT molecular complexity index is 367. The van der Waals surface area contributed by atoms with Gasteiger partial charge in [-0.3, -0.25) is 0 Å². The highest BCUT2D eigenvalue weighted by atomic mass is 15.0. The van der Waals surface area contributed by atoms with E-state index in [0.29, 0.717) is 12.6 Å². The molecule has 1 aromatic rings. The van der Waals surface area contributed by atoms with Crippen LogP contribution in [-0.4, -0.2) is 12.6 Å². The molecule has 2 saturated carbocycles. The minimum Gasteiger partial charge on any atom is -0.329 e. The van der Waals surface area contributed by atoms with Gasteiger partial charge in [0.2, 0.25) is 0 Å². The van der Waals surface area contributed by atoms with E-state index in [1.165, 1.54) is 36.8 Å². The van der Waals surface area contributed by atoms with Gasteiger partial charge in [-0.25, -0.2) is 0 Å². The molecule has 0 bridgehead atoms. The van der Waals surface area contributed by atoms with E-state index in [4.69, 9.17) is 5.73 Å².